The number of hydrogen-bond donors (Lipinski definition) is 1. The number of carbonyl (C=O) groups excluding carboxylic acids is 3. The Morgan fingerprint density at radius 3 is 2.48 bits per heavy atom. The van der Waals surface area contributed by atoms with Crippen LogP contribution in [0.15, 0.2) is 36.4 Å². The monoisotopic (exact) mass is 621 g/mol. The zero-order chi connectivity index (χ0) is 30.8. The van der Waals surface area contributed by atoms with E-state index in [1.54, 1.807) is 16.7 Å². The first-order valence-corrected chi connectivity index (χ1v) is 16.5. The SMILES string of the molecule is CC(=O)N1CCC(OC(=O)N(CCCN2CC3CN(C(=O)c4cccc5c4CNCC5)CC3C2)c2ccc(C)c(Cl)c2)CC1. The van der Waals surface area contributed by atoms with Crippen LogP contribution in [0.2, 0.25) is 5.02 Å². The van der Waals surface area contributed by atoms with Crippen molar-refractivity contribution in [1.82, 2.24) is 20.0 Å². The van der Waals surface area contributed by atoms with Gasteiger partial charge in [-0.2, -0.15) is 0 Å². The van der Waals surface area contributed by atoms with Crippen molar-refractivity contribution in [2.24, 2.45) is 11.8 Å². The lowest BCUT2D eigenvalue weighted by Gasteiger charge is -2.32. The molecule has 9 nitrogen and oxygen atoms in total. The Morgan fingerprint density at radius 2 is 1.77 bits per heavy atom. The van der Waals surface area contributed by atoms with Gasteiger partial charge in [-0.1, -0.05) is 29.8 Å². The number of aryl methyl sites for hydroxylation is 1. The van der Waals surface area contributed by atoms with Gasteiger partial charge in [-0.05, 0) is 79.6 Å². The van der Waals surface area contributed by atoms with Crippen molar-refractivity contribution in [1.29, 1.82) is 0 Å². The van der Waals surface area contributed by atoms with Gasteiger partial charge in [-0.15, -0.1) is 0 Å². The molecule has 44 heavy (non-hydrogen) atoms. The molecule has 0 aromatic heterocycles. The fourth-order valence-electron chi connectivity index (χ4n) is 7.35. The van der Waals surface area contributed by atoms with Crippen molar-refractivity contribution in [3.8, 4) is 0 Å². The van der Waals surface area contributed by atoms with Gasteiger partial charge >= 0.3 is 6.09 Å². The van der Waals surface area contributed by atoms with Crippen molar-refractivity contribution < 1.29 is 19.1 Å². The minimum atomic E-state index is -0.364. The molecule has 4 aliphatic rings. The van der Waals surface area contributed by atoms with E-state index < -0.39 is 0 Å². The summed E-state index contributed by atoms with van der Waals surface area (Å²) in [4.78, 5) is 46.7. The van der Waals surface area contributed by atoms with Crippen LogP contribution >= 0.6 is 11.6 Å². The number of nitrogens with zero attached hydrogens (tertiary/aromatic N) is 4. The molecule has 3 saturated heterocycles. The molecule has 2 aromatic carbocycles. The van der Waals surface area contributed by atoms with E-state index >= 15 is 0 Å². The van der Waals surface area contributed by atoms with Crippen LogP contribution in [0.5, 0.6) is 0 Å². The first-order chi connectivity index (χ1) is 21.3. The Morgan fingerprint density at radius 1 is 1.02 bits per heavy atom. The number of anilines is 1. The maximum Gasteiger partial charge on any atom is 0.414 e. The predicted octanol–water partition coefficient (Wildman–Crippen LogP) is 4.34. The number of carbonyl (C=O) groups is 3. The minimum Gasteiger partial charge on any atom is -0.446 e. The summed E-state index contributed by atoms with van der Waals surface area (Å²) in [5.74, 6) is 1.19. The highest BCUT2D eigenvalue weighted by atomic mass is 35.5. The number of benzene rings is 2. The van der Waals surface area contributed by atoms with Gasteiger partial charge in [-0.3, -0.25) is 14.5 Å². The Bertz CT molecular complexity index is 1380. The molecule has 1 N–H and O–H groups in total. The second-order valence-corrected chi connectivity index (χ2v) is 13.3. The molecule has 0 spiro atoms. The van der Waals surface area contributed by atoms with E-state index in [4.69, 9.17) is 16.3 Å². The first-order valence-electron chi connectivity index (χ1n) is 16.1. The van der Waals surface area contributed by atoms with Crippen molar-refractivity contribution >= 4 is 35.2 Å². The molecule has 2 aromatic rings. The molecule has 0 radical (unpaired) electrons. The van der Waals surface area contributed by atoms with E-state index in [0.717, 1.165) is 75.5 Å². The van der Waals surface area contributed by atoms with Crippen molar-refractivity contribution in [3.63, 3.8) is 0 Å². The van der Waals surface area contributed by atoms with Gasteiger partial charge in [0.25, 0.3) is 5.91 Å². The third-order valence-corrected chi connectivity index (χ3v) is 10.3. The van der Waals surface area contributed by atoms with Gasteiger partial charge in [0, 0.05) is 88.4 Å². The van der Waals surface area contributed by atoms with E-state index in [-0.39, 0.29) is 24.0 Å². The molecule has 0 saturated carbocycles. The minimum absolute atomic E-state index is 0.0586. The quantitative estimate of drug-likeness (QED) is 0.495. The van der Waals surface area contributed by atoms with Gasteiger partial charge in [0.2, 0.25) is 5.91 Å². The lowest BCUT2D eigenvalue weighted by Crippen LogP contribution is -2.43. The maximum absolute atomic E-state index is 13.5. The number of likely N-dealkylation sites (tertiary alicyclic amines) is 3. The Balaban J connectivity index is 1.02. The van der Waals surface area contributed by atoms with Crippen LogP contribution in [0.4, 0.5) is 10.5 Å². The summed E-state index contributed by atoms with van der Waals surface area (Å²) >= 11 is 6.44. The number of amides is 3. The van der Waals surface area contributed by atoms with Gasteiger partial charge in [0.05, 0.1) is 0 Å². The van der Waals surface area contributed by atoms with Crippen LogP contribution in [-0.2, 0) is 22.5 Å². The van der Waals surface area contributed by atoms with Crippen LogP contribution in [0.3, 0.4) is 0 Å². The third kappa shape index (κ3) is 6.75. The molecule has 3 fully saturated rings. The highest BCUT2D eigenvalue weighted by molar-refractivity contribution is 6.31. The molecule has 2 unspecified atom stereocenters. The standard InChI is InChI=1S/C34H44ClN5O4/c1-23-7-8-28(17-32(23)35)40(34(43)44-29-10-15-38(16-11-29)24(2)41)14-4-13-37-19-26-21-39(22-27(26)20-37)33(42)30-6-3-5-25-9-12-36-18-31(25)30/h3,5-8,17,26-27,29,36H,4,9-16,18-22H2,1-2H3. The number of halogens is 1. The van der Waals surface area contributed by atoms with Gasteiger partial charge in [-0.25, -0.2) is 4.79 Å². The summed E-state index contributed by atoms with van der Waals surface area (Å²) in [7, 11) is 0. The van der Waals surface area contributed by atoms with Gasteiger partial charge in [0.1, 0.15) is 6.10 Å². The third-order valence-electron chi connectivity index (χ3n) is 9.92. The fraction of sp³-hybridized carbons (Fsp3) is 0.559. The van der Waals surface area contributed by atoms with Crippen LogP contribution in [0.25, 0.3) is 0 Å². The van der Waals surface area contributed by atoms with Gasteiger partial charge < -0.3 is 24.8 Å². The topological polar surface area (TPSA) is 85.4 Å². The number of rotatable bonds is 7. The molecule has 0 aliphatic carbocycles. The molecule has 2 atom stereocenters. The normalized spacial score (nSPS) is 22.1. The van der Waals surface area contributed by atoms with E-state index in [0.29, 0.717) is 49.3 Å². The number of piperidine rings is 1. The summed E-state index contributed by atoms with van der Waals surface area (Å²) in [6.07, 6.45) is 2.50. The van der Waals surface area contributed by atoms with Crippen LogP contribution < -0.4 is 10.2 Å². The van der Waals surface area contributed by atoms with Crippen LogP contribution in [0, 0.1) is 18.8 Å². The predicted molar refractivity (Wildman–Crippen MR) is 171 cm³/mol. The van der Waals surface area contributed by atoms with Crippen LogP contribution in [-0.4, -0.2) is 97.6 Å². The van der Waals surface area contributed by atoms with E-state index in [2.05, 4.69) is 21.2 Å². The maximum atomic E-state index is 13.5. The van der Waals surface area contributed by atoms with Crippen molar-refractivity contribution in [2.75, 3.05) is 63.8 Å². The lowest BCUT2D eigenvalue weighted by molar-refractivity contribution is -0.130. The van der Waals surface area contributed by atoms with Crippen molar-refractivity contribution in [2.45, 2.75) is 52.2 Å². The fourth-order valence-corrected chi connectivity index (χ4v) is 7.52. The Kier molecular flexibility index (Phi) is 9.45. The van der Waals surface area contributed by atoms with Crippen molar-refractivity contribution in [3.05, 3.63) is 63.7 Å². The highest BCUT2D eigenvalue weighted by Gasteiger charge is 2.42. The molecule has 6 rings (SSSR count). The summed E-state index contributed by atoms with van der Waals surface area (Å²) in [5.41, 5.74) is 5.02. The molecular weight excluding hydrogens is 578 g/mol. The molecule has 10 heteroatoms. The highest BCUT2D eigenvalue weighted by Crippen LogP contribution is 2.33. The van der Waals surface area contributed by atoms with Crippen LogP contribution in [0.1, 0.15) is 53.2 Å². The zero-order valence-electron chi connectivity index (χ0n) is 25.9. The molecule has 3 amide bonds. The smallest absolute Gasteiger partial charge is 0.414 e. The Hall–Kier alpha value is -3.14. The van der Waals surface area contributed by atoms with E-state index in [9.17, 15) is 14.4 Å². The van der Waals surface area contributed by atoms with E-state index in [1.165, 1.54) is 11.1 Å². The molecule has 236 valence electrons. The first kappa shape index (κ1) is 30.9. The average molecular weight is 622 g/mol. The zero-order valence-corrected chi connectivity index (χ0v) is 26.7. The summed E-state index contributed by atoms with van der Waals surface area (Å²) in [6, 6.07) is 11.9. The average Bonchev–Trinajstić information content (AvgIpc) is 3.60. The molecule has 0 bridgehead atoms. The Labute approximate surface area is 265 Å². The number of hydrogen-bond acceptors (Lipinski definition) is 6. The summed E-state index contributed by atoms with van der Waals surface area (Å²) < 4.78 is 5.95. The lowest BCUT2D eigenvalue weighted by atomic mass is 9.95. The summed E-state index contributed by atoms with van der Waals surface area (Å²) in [6.45, 7) is 11.4. The number of ether oxygens (including phenoxy) is 1. The van der Waals surface area contributed by atoms with Gasteiger partial charge in [0.15, 0.2) is 0 Å². The second kappa shape index (κ2) is 13.5. The number of nitrogens with one attached hydrogen (secondary N) is 1. The number of fused-ring (bicyclic) bond motifs is 2. The summed E-state index contributed by atoms with van der Waals surface area (Å²) in [5, 5.41) is 4.04. The second-order valence-electron chi connectivity index (χ2n) is 12.9. The molecule has 4 aliphatic heterocycles. The van der Waals surface area contributed by atoms with E-state index in [1.807, 2.05) is 37.3 Å². The molecule has 4 heterocycles. The molecular formula is C34H44ClN5O4. The largest absolute Gasteiger partial charge is 0.446 e.